The molecule has 0 radical (unpaired) electrons. The Kier molecular flexibility index (Phi) is 5.31. The summed E-state index contributed by atoms with van der Waals surface area (Å²) in [5, 5.41) is 3.34. The van der Waals surface area contributed by atoms with Gasteiger partial charge in [0.15, 0.2) is 0 Å². The van der Waals surface area contributed by atoms with Gasteiger partial charge in [0, 0.05) is 0 Å². The molecule has 0 spiro atoms. The molecule has 0 saturated carbocycles. The standard InChI is InChI=1S/C13H21N/c1-3-14-11-5-4-6-13-9-7-12(2)8-10-13/h7-10,14H,3-6,11H2,1-2H3. The summed E-state index contributed by atoms with van der Waals surface area (Å²) < 4.78 is 0. The van der Waals surface area contributed by atoms with E-state index in [2.05, 4.69) is 43.4 Å². The first-order chi connectivity index (χ1) is 6.83. The molecule has 1 nitrogen and oxygen atoms in total. The number of nitrogens with one attached hydrogen (secondary N) is 1. The van der Waals surface area contributed by atoms with E-state index >= 15 is 0 Å². The fourth-order valence-corrected chi connectivity index (χ4v) is 1.51. The molecule has 0 amide bonds. The first kappa shape index (κ1) is 11.3. The third-order valence-electron chi connectivity index (χ3n) is 2.44. The van der Waals surface area contributed by atoms with E-state index < -0.39 is 0 Å². The molecule has 1 aromatic carbocycles. The van der Waals surface area contributed by atoms with Crippen molar-refractivity contribution in [3.05, 3.63) is 35.4 Å². The van der Waals surface area contributed by atoms with Gasteiger partial charge in [-0.2, -0.15) is 0 Å². The zero-order chi connectivity index (χ0) is 10.2. The molecule has 0 aliphatic rings. The Balaban J connectivity index is 2.15. The average Bonchev–Trinajstić information content (AvgIpc) is 2.21. The summed E-state index contributed by atoms with van der Waals surface area (Å²) >= 11 is 0. The van der Waals surface area contributed by atoms with E-state index in [1.165, 1.54) is 30.4 Å². The maximum atomic E-state index is 3.34. The van der Waals surface area contributed by atoms with Crippen LogP contribution in [-0.2, 0) is 6.42 Å². The quantitative estimate of drug-likeness (QED) is 0.682. The Bertz CT molecular complexity index is 238. The van der Waals surface area contributed by atoms with Gasteiger partial charge in [0.25, 0.3) is 0 Å². The van der Waals surface area contributed by atoms with Crippen molar-refractivity contribution in [1.29, 1.82) is 0 Å². The second kappa shape index (κ2) is 6.61. The zero-order valence-corrected chi connectivity index (χ0v) is 9.34. The predicted octanol–water partition coefficient (Wildman–Crippen LogP) is 2.93. The lowest BCUT2D eigenvalue weighted by atomic mass is 10.1. The van der Waals surface area contributed by atoms with Crippen LogP contribution < -0.4 is 5.32 Å². The average molecular weight is 191 g/mol. The van der Waals surface area contributed by atoms with Crippen LogP contribution in [0.1, 0.15) is 30.9 Å². The van der Waals surface area contributed by atoms with Gasteiger partial charge in [0.2, 0.25) is 0 Å². The molecule has 0 bridgehead atoms. The predicted molar refractivity (Wildman–Crippen MR) is 62.7 cm³/mol. The fourth-order valence-electron chi connectivity index (χ4n) is 1.51. The van der Waals surface area contributed by atoms with Gasteiger partial charge < -0.3 is 5.32 Å². The van der Waals surface area contributed by atoms with Crippen LogP contribution in [0.2, 0.25) is 0 Å². The van der Waals surface area contributed by atoms with Gasteiger partial charge in [-0.3, -0.25) is 0 Å². The van der Waals surface area contributed by atoms with E-state index in [1.54, 1.807) is 0 Å². The Hall–Kier alpha value is -0.820. The normalized spacial score (nSPS) is 10.4. The van der Waals surface area contributed by atoms with Crippen LogP contribution in [0.4, 0.5) is 0 Å². The zero-order valence-electron chi connectivity index (χ0n) is 9.34. The van der Waals surface area contributed by atoms with E-state index in [1.807, 2.05) is 0 Å². The van der Waals surface area contributed by atoms with Crippen LogP contribution in [0.25, 0.3) is 0 Å². The molecule has 1 aromatic rings. The van der Waals surface area contributed by atoms with E-state index in [4.69, 9.17) is 0 Å². The van der Waals surface area contributed by atoms with E-state index in [0.29, 0.717) is 0 Å². The highest BCUT2D eigenvalue weighted by atomic mass is 14.8. The molecule has 0 atom stereocenters. The van der Waals surface area contributed by atoms with Crippen LogP contribution >= 0.6 is 0 Å². The minimum absolute atomic E-state index is 1.09. The highest BCUT2D eigenvalue weighted by Gasteiger charge is 1.92. The number of hydrogen-bond acceptors (Lipinski definition) is 1. The van der Waals surface area contributed by atoms with Crippen molar-refractivity contribution in [3.63, 3.8) is 0 Å². The molecule has 0 aliphatic heterocycles. The molecular formula is C13H21N. The van der Waals surface area contributed by atoms with Crippen molar-refractivity contribution in [2.45, 2.75) is 33.1 Å². The SMILES string of the molecule is CCNCCCCc1ccc(C)cc1. The van der Waals surface area contributed by atoms with Crippen molar-refractivity contribution in [1.82, 2.24) is 5.32 Å². The maximum absolute atomic E-state index is 3.34. The third kappa shape index (κ3) is 4.43. The van der Waals surface area contributed by atoms with Crippen molar-refractivity contribution < 1.29 is 0 Å². The lowest BCUT2D eigenvalue weighted by molar-refractivity contribution is 0.641. The summed E-state index contributed by atoms with van der Waals surface area (Å²) in [5.74, 6) is 0. The summed E-state index contributed by atoms with van der Waals surface area (Å²) in [7, 11) is 0. The first-order valence-corrected chi connectivity index (χ1v) is 5.59. The first-order valence-electron chi connectivity index (χ1n) is 5.59. The lowest BCUT2D eigenvalue weighted by Crippen LogP contribution is -2.13. The Morgan fingerprint density at radius 2 is 1.79 bits per heavy atom. The number of rotatable bonds is 6. The minimum atomic E-state index is 1.09. The third-order valence-corrected chi connectivity index (χ3v) is 2.44. The molecule has 0 aliphatic carbocycles. The van der Waals surface area contributed by atoms with E-state index in [9.17, 15) is 0 Å². The van der Waals surface area contributed by atoms with Gasteiger partial charge in [-0.1, -0.05) is 36.8 Å². The number of hydrogen-bond donors (Lipinski definition) is 1. The highest BCUT2D eigenvalue weighted by Crippen LogP contribution is 2.06. The van der Waals surface area contributed by atoms with Crippen molar-refractivity contribution in [2.75, 3.05) is 13.1 Å². The minimum Gasteiger partial charge on any atom is -0.317 e. The fraction of sp³-hybridized carbons (Fsp3) is 0.538. The topological polar surface area (TPSA) is 12.0 Å². The number of benzene rings is 1. The molecular weight excluding hydrogens is 170 g/mol. The summed E-state index contributed by atoms with van der Waals surface area (Å²) in [4.78, 5) is 0. The molecule has 78 valence electrons. The largest absolute Gasteiger partial charge is 0.317 e. The summed E-state index contributed by atoms with van der Waals surface area (Å²) in [6, 6.07) is 8.87. The monoisotopic (exact) mass is 191 g/mol. The van der Waals surface area contributed by atoms with Crippen LogP contribution in [0, 0.1) is 6.92 Å². The molecule has 0 unspecified atom stereocenters. The second-order valence-corrected chi connectivity index (χ2v) is 3.80. The van der Waals surface area contributed by atoms with E-state index in [-0.39, 0.29) is 0 Å². The molecule has 0 heterocycles. The summed E-state index contributed by atoms with van der Waals surface area (Å²) in [6.45, 7) is 6.53. The lowest BCUT2D eigenvalue weighted by Gasteiger charge is -2.02. The van der Waals surface area contributed by atoms with Crippen LogP contribution in [0.15, 0.2) is 24.3 Å². The van der Waals surface area contributed by atoms with Crippen LogP contribution in [0.5, 0.6) is 0 Å². The smallest absolute Gasteiger partial charge is 0.00489 e. The Labute approximate surface area is 87.5 Å². The molecule has 0 aromatic heterocycles. The number of aryl methyl sites for hydroxylation is 2. The van der Waals surface area contributed by atoms with Gasteiger partial charge in [-0.15, -0.1) is 0 Å². The summed E-state index contributed by atoms with van der Waals surface area (Å²) in [6.07, 6.45) is 3.78. The van der Waals surface area contributed by atoms with Gasteiger partial charge in [0.1, 0.15) is 0 Å². The molecule has 1 rings (SSSR count). The second-order valence-electron chi connectivity index (χ2n) is 3.80. The number of unbranched alkanes of at least 4 members (excludes halogenated alkanes) is 1. The molecule has 14 heavy (non-hydrogen) atoms. The van der Waals surface area contributed by atoms with Gasteiger partial charge in [0.05, 0.1) is 0 Å². The van der Waals surface area contributed by atoms with Crippen molar-refractivity contribution >= 4 is 0 Å². The van der Waals surface area contributed by atoms with Gasteiger partial charge in [-0.05, 0) is 44.8 Å². The van der Waals surface area contributed by atoms with E-state index in [0.717, 1.165) is 13.1 Å². The Morgan fingerprint density at radius 1 is 1.07 bits per heavy atom. The van der Waals surface area contributed by atoms with Crippen molar-refractivity contribution in [3.8, 4) is 0 Å². The van der Waals surface area contributed by atoms with Crippen molar-refractivity contribution in [2.24, 2.45) is 0 Å². The molecule has 1 heteroatoms. The molecule has 0 saturated heterocycles. The molecule has 0 fully saturated rings. The van der Waals surface area contributed by atoms with Crippen LogP contribution in [-0.4, -0.2) is 13.1 Å². The molecule has 1 N–H and O–H groups in total. The van der Waals surface area contributed by atoms with Crippen LogP contribution in [0.3, 0.4) is 0 Å². The Morgan fingerprint density at radius 3 is 2.43 bits per heavy atom. The summed E-state index contributed by atoms with van der Waals surface area (Å²) in [5.41, 5.74) is 2.81. The van der Waals surface area contributed by atoms with Gasteiger partial charge in [-0.25, -0.2) is 0 Å². The highest BCUT2D eigenvalue weighted by molar-refractivity contribution is 5.21. The maximum Gasteiger partial charge on any atom is -0.00489 e. The van der Waals surface area contributed by atoms with Gasteiger partial charge >= 0.3 is 0 Å².